The summed E-state index contributed by atoms with van der Waals surface area (Å²) in [5.74, 6) is 1.00. The fourth-order valence-corrected chi connectivity index (χ4v) is 4.79. The Morgan fingerprint density at radius 3 is 2.67 bits per heavy atom. The molecule has 0 aromatic heterocycles. The van der Waals surface area contributed by atoms with Crippen LogP contribution < -0.4 is 0 Å². The van der Waals surface area contributed by atoms with E-state index in [2.05, 4.69) is 20.8 Å². The van der Waals surface area contributed by atoms with Gasteiger partial charge in [-0.2, -0.15) is 0 Å². The van der Waals surface area contributed by atoms with E-state index in [0.717, 1.165) is 18.4 Å². The molecule has 2 rings (SSSR count). The standard InChI is InChI=1S/C18H26O2S/c1-13-8-7-11-18(2,3)16(13)17(20)21-12-15(19)14-9-5-4-6-10-14/h4-6,9-10,13,15-16,19H,7-8,11-12H2,1-3H3. The monoisotopic (exact) mass is 306 g/mol. The van der Waals surface area contributed by atoms with Crippen LogP contribution in [0.15, 0.2) is 30.3 Å². The third-order valence-electron chi connectivity index (χ3n) is 4.71. The summed E-state index contributed by atoms with van der Waals surface area (Å²) in [6.45, 7) is 6.61. The van der Waals surface area contributed by atoms with Crippen LogP contribution in [0.25, 0.3) is 0 Å². The molecule has 1 N–H and O–H groups in total. The second-order valence-corrected chi connectivity index (χ2v) is 7.92. The molecule has 3 atom stereocenters. The van der Waals surface area contributed by atoms with Crippen molar-refractivity contribution in [3.8, 4) is 0 Å². The van der Waals surface area contributed by atoms with Gasteiger partial charge in [0.05, 0.1) is 6.10 Å². The first-order valence-electron chi connectivity index (χ1n) is 7.81. The highest BCUT2D eigenvalue weighted by atomic mass is 32.2. The maximum absolute atomic E-state index is 12.6. The smallest absolute Gasteiger partial charge is 0.192 e. The van der Waals surface area contributed by atoms with Gasteiger partial charge in [0.1, 0.15) is 0 Å². The molecule has 0 amide bonds. The molecule has 1 aliphatic carbocycles. The maximum atomic E-state index is 12.6. The van der Waals surface area contributed by atoms with Gasteiger partial charge in [0.2, 0.25) is 0 Å². The lowest BCUT2D eigenvalue weighted by Gasteiger charge is -2.41. The summed E-state index contributed by atoms with van der Waals surface area (Å²) >= 11 is 1.30. The minimum Gasteiger partial charge on any atom is -0.388 e. The minimum atomic E-state index is -0.567. The van der Waals surface area contributed by atoms with Crippen molar-refractivity contribution in [2.24, 2.45) is 17.3 Å². The highest BCUT2D eigenvalue weighted by Gasteiger charge is 2.41. The number of benzene rings is 1. The highest BCUT2D eigenvalue weighted by Crippen LogP contribution is 2.46. The van der Waals surface area contributed by atoms with Crippen LogP contribution >= 0.6 is 11.8 Å². The molecule has 0 radical (unpaired) electrons. The predicted octanol–water partition coefficient (Wildman–Crippen LogP) is 4.44. The number of rotatable bonds is 4. The number of hydrogen-bond acceptors (Lipinski definition) is 3. The Labute approximate surface area is 132 Å². The molecule has 0 aliphatic heterocycles. The van der Waals surface area contributed by atoms with Gasteiger partial charge < -0.3 is 5.11 Å². The molecule has 1 saturated carbocycles. The Balaban J connectivity index is 1.95. The van der Waals surface area contributed by atoms with E-state index in [1.807, 2.05) is 30.3 Å². The van der Waals surface area contributed by atoms with Crippen molar-refractivity contribution in [3.05, 3.63) is 35.9 Å². The van der Waals surface area contributed by atoms with E-state index < -0.39 is 6.10 Å². The van der Waals surface area contributed by atoms with Gasteiger partial charge >= 0.3 is 0 Å². The van der Waals surface area contributed by atoms with Gasteiger partial charge in [0, 0.05) is 11.7 Å². The van der Waals surface area contributed by atoms with E-state index in [0.29, 0.717) is 11.7 Å². The Morgan fingerprint density at radius 2 is 2.05 bits per heavy atom. The van der Waals surface area contributed by atoms with Crippen molar-refractivity contribution in [1.82, 2.24) is 0 Å². The fraction of sp³-hybridized carbons (Fsp3) is 0.611. The quantitative estimate of drug-likeness (QED) is 0.893. The normalized spacial score (nSPS) is 26.3. The molecule has 1 aromatic carbocycles. The molecule has 2 nitrogen and oxygen atoms in total. The summed E-state index contributed by atoms with van der Waals surface area (Å²) in [5.41, 5.74) is 0.966. The maximum Gasteiger partial charge on any atom is 0.192 e. The van der Waals surface area contributed by atoms with Crippen LogP contribution in [0.3, 0.4) is 0 Å². The molecule has 0 heterocycles. The average Bonchev–Trinajstić information content (AvgIpc) is 2.44. The Hall–Kier alpha value is -0.800. The van der Waals surface area contributed by atoms with Gasteiger partial charge in [0.25, 0.3) is 0 Å². The number of aliphatic hydroxyl groups excluding tert-OH is 1. The lowest BCUT2D eigenvalue weighted by atomic mass is 9.65. The molecule has 0 saturated heterocycles. The van der Waals surface area contributed by atoms with Crippen molar-refractivity contribution in [3.63, 3.8) is 0 Å². The highest BCUT2D eigenvalue weighted by molar-refractivity contribution is 8.13. The van der Waals surface area contributed by atoms with E-state index in [4.69, 9.17) is 0 Å². The summed E-state index contributed by atoms with van der Waals surface area (Å²) in [6, 6.07) is 9.57. The lowest BCUT2D eigenvalue weighted by molar-refractivity contribution is -0.121. The molecule has 0 bridgehead atoms. The van der Waals surface area contributed by atoms with Gasteiger partial charge in [-0.3, -0.25) is 4.79 Å². The van der Waals surface area contributed by atoms with Crippen LogP contribution in [0.2, 0.25) is 0 Å². The molecular weight excluding hydrogens is 280 g/mol. The molecule has 3 heteroatoms. The number of aliphatic hydroxyl groups is 1. The molecule has 116 valence electrons. The molecule has 1 aromatic rings. The number of hydrogen-bond donors (Lipinski definition) is 1. The zero-order chi connectivity index (χ0) is 15.5. The van der Waals surface area contributed by atoms with E-state index in [1.54, 1.807) is 0 Å². The number of carbonyl (C=O) groups is 1. The summed E-state index contributed by atoms with van der Waals surface area (Å²) in [5, 5.41) is 10.4. The SMILES string of the molecule is CC1CCCC(C)(C)C1C(=O)SCC(O)c1ccccc1. The van der Waals surface area contributed by atoms with Crippen LogP contribution in [-0.4, -0.2) is 16.0 Å². The Kier molecular flexibility index (Phi) is 5.50. The van der Waals surface area contributed by atoms with Crippen molar-refractivity contribution in [2.75, 3.05) is 5.75 Å². The molecule has 21 heavy (non-hydrogen) atoms. The molecule has 1 aliphatic rings. The van der Waals surface area contributed by atoms with E-state index >= 15 is 0 Å². The summed E-state index contributed by atoms with van der Waals surface area (Å²) in [7, 11) is 0. The second-order valence-electron chi connectivity index (χ2n) is 6.89. The van der Waals surface area contributed by atoms with Crippen LogP contribution in [0.4, 0.5) is 0 Å². The lowest BCUT2D eigenvalue weighted by Crippen LogP contribution is -2.38. The predicted molar refractivity (Wildman–Crippen MR) is 89.2 cm³/mol. The summed E-state index contributed by atoms with van der Waals surface area (Å²) in [4.78, 5) is 12.6. The third kappa shape index (κ3) is 4.10. The van der Waals surface area contributed by atoms with Crippen molar-refractivity contribution in [1.29, 1.82) is 0 Å². The van der Waals surface area contributed by atoms with E-state index in [-0.39, 0.29) is 16.4 Å². The molecule has 0 spiro atoms. The molecule has 3 unspecified atom stereocenters. The third-order valence-corrected chi connectivity index (χ3v) is 5.73. The number of carbonyl (C=O) groups excluding carboxylic acids is 1. The van der Waals surface area contributed by atoms with Crippen LogP contribution in [0.1, 0.15) is 51.7 Å². The second kappa shape index (κ2) is 6.97. The van der Waals surface area contributed by atoms with Crippen molar-refractivity contribution < 1.29 is 9.90 Å². The topological polar surface area (TPSA) is 37.3 Å². The first-order valence-corrected chi connectivity index (χ1v) is 8.80. The fourth-order valence-electron chi connectivity index (χ4n) is 3.55. The van der Waals surface area contributed by atoms with Gasteiger partial charge in [0.15, 0.2) is 5.12 Å². The Morgan fingerprint density at radius 1 is 1.38 bits per heavy atom. The Bertz CT molecular complexity index is 469. The summed E-state index contributed by atoms with van der Waals surface area (Å²) < 4.78 is 0. The van der Waals surface area contributed by atoms with Gasteiger partial charge in [-0.1, -0.05) is 69.3 Å². The van der Waals surface area contributed by atoms with Crippen molar-refractivity contribution >= 4 is 16.9 Å². The first kappa shape index (κ1) is 16.6. The minimum absolute atomic E-state index is 0.0828. The van der Waals surface area contributed by atoms with Gasteiger partial charge in [-0.15, -0.1) is 0 Å². The zero-order valence-corrected chi connectivity index (χ0v) is 14.0. The van der Waals surface area contributed by atoms with Crippen molar-refractivity contribution in [2.45, 2.75) is 46.1 Å². The van der Waals surface area contributed by atoms with E-state index in [9.17, 15) is 9.90 Å². The molecule has 1 fully saturated rings. The largest absolute Gasteiger partial charge is 0.388 e. The first-order chi connectivity index (χ1) is 9.92. The molecular formula is C18H26O2S. The summed E-state index contributed by atoms with van der Waals surface area (Å²) in [6.07, 6.45) is 2.91. The zero-order valence-electron chi connectivity index (χ0n) is 13.2. The van der Waals surface area contributed by atoms with Gasteiger partial charge in [-0.05, 0) is 29.7 Å². The van der Waals surface area contributed by atoms with Crippen LogP contribution in [-0.2, 0) is 4.79 Å². The van der Waals surface area contributed by atoms with Crippen LogP contribution in [0.5, 0.6) is 0 Å². The van der Waals surface area contributed by atoms with E-state index in [1.165, 1.54) is 18.2 Å². The number of thioether (sulfide) groups is 1. The van der Waals surface area contributed by atoms with Gasteiger partial charge in [-0.25, -0.2) is 0 Å². The average molecular weight is 306 g/mol. The van der Waals surface area contributed by atoms with Crippen LogP contribution in [0, 0.1) is 17.3 Å².